The summed E-state index contributed by atoms with van der Waals surface area (Å²) in [6.45, 7) is 0. The first-order chi connectivity index (χ1) is 9.52. The third kappa shape index (κ3) is 3.12. The second-order valence-electron chi connectivity index (χ2n) is 3.70. The fraction of sp³-hybridized carbons (Fsp3) is 0.0833. The summed E-state index contributed by atoms with van der Waals surface area (Å²) >= 11 is 17.8. The van der Waals surface area contributed by atoms with Gasteiger partial charge >= 0.3 is 0 Å². The molecule has 0 aliphatic carbocycles. The summed E-state index contributed by atoms with van der Waals surface area (Å²) in [5.41, 5.74) is 0.760. The minimum absolute atomic E-state index is 0.0328. The van der Waals surface area contributed by atoms with Crippen LogP contribution in [-0.2, 0) is 0 Å². The molecule has 104 valence electrons. The molecule has 0 unspecified atom stereocenters. The number of carbonyl (C=O) groups excluding carboxylic acids is 1. The molecule has 0 saturated carbocycles. The van der Waals surface area contributed by atoms with E-state index in [4.69, 9.17) is 34.8 Å². The van der Waals surface area contributed by atoms with Crippen molar-refractivity contribution in [2.45, 2.75) is 0 Å². The topological polar surface area (TPSA) is 66.9 Å². The average molecular weight is 332 g/mol. The summed E-state index contributed by atoms with van der Waals surface area (Å²) < 4.78 is 0. The van der Waals surface area contributed by atoms with Crippen molar-refractivity contribution in [3.05, 3.63) is 45.3 Å². The van der Waals surface area contributed by atoms with Crippen molar-refractivity contribution in [2.75, 3.05) is 12.4 Å². The van der Waals surface area contributed by atoms with Crippen molar-refractivity contribution in [1.29, 1.82) is 0 Å². The maximum Gasteiger partial charge on any atom is 0.253 e. The first-order valence-electron chi connectivity index (χ1n) is 5.48. The molecule has 0 bridgehead atoms. The van der Waals surface area contributed by atoms with Gasteiger partial charge in [-0.15, -0.1) is 0 Å². The zero-order valence-corrected chi connectivity index (χ0v) is 12.5. The molecule has 5 nitrogen and oxygen atoms in total. The summed E-state index contributed by atoms with van der Waals surface area (Å²) in [7, 11) is 1.53. The van der Waals surface area contributed by atoms with Crippen LogP contribution in [0.4, 0.5) is 11.5 Å². The molecule has 1 heterocycles. The Morgan fingerprint density at radius 1 is 1.20 bits per heavy atom. The van der Waals surface area contributed by atoms with E-state index >= 15 is 0 Å². The van der Waals surface area contributed by atoms with E-state index in [1.807, 2.05) is 0 Å². The molecule has 0 fully saturated rings. The summed E-state index contributed by atoms with van der Waals surface area (Å²) in [6.07, 6.45) is 1.36. The Bertz CT molecular complexity index is 663. The molecule has 20 heavy (non-hydrogen) atoms. The van der Waals surface area contributed by atoms with Crippen LogP contribution in [0.3, 0.4) is 0 Å². The monoisotopic (exact) mass is 330 g/mol. The van der Waals surface area contributed by atoms with E-state index in [9.17, 15) is 4.79 Å². The lowest BCUT2D eigenvalue weighted by molar-refractivity contribution is 0.0964. The quantitative estimate of drug-likeness (QED) is 0.844. The van der Waals surface area contributed by atoms with Crippen molar-refractivity contribution in [3.63, 3.8) is 0 Å². The fourth-order valence-corrected chi connectivity index (χ4v) is 2.02. The number of rotatable bonds is 3. The number of hydrogen-bond donors (Lipinski definition) is 2. The van der Waals surface area contributed by atoms with Crippen molar-refractivity contribution in [3.8, 4) is 0 Å². The van der Waals surface area contributed by atoms with E-state index in [1.165, 1.54) is 13.2 Å². The van der Waals surface area contributed by atoms with Crippen molar-refractivity contribution < 1.29 is 4.79 Å². The second-order valence-corrected chi connectivity index (χ2v) is 4.85. The molecule has 0 aliphatic heterocycles. The molecule has 0 spiro atoms. The lowest BCUT2D eigenvalue weighted by atomic mass is 10.1. The van der Waals surface area contributed by atoms with Crippen LogP contribution in [0, 0.1) is 0 Å². The van der Waals surface area contributed by atoms with Gasteiger partial charge in [-0.05, 0) is 23.7 Å². The number of hydrogen-bond acceptors (Lipinski definition) is 4. The molecule has 0 saturated heterocycles. The largest absolute Gasteiger partial charge is 0.355 e. The maximum absolute atomic E-state index is 11.8. The number of para-hydroxylation sites is 1. The minimum Gasteiger partial charge on any atom is -0.355 e. The third-order valence-electron chi connectivity index (χ3n) is 2.44. The highest BCUT2D eigenvalue weighted by Crippen LogP contribution is 2.31. The molecule has 0 atom stereocenters. The Morgan fingerprint density at radius 2 is 1.95 bits per heavy atom. The van der Waals surface area contributed by atoms with Gasteiger partial charge in [-0.3, -0.25) is 4.79 Å². The van der Waals surface area contributed by atoms with Crippen LogP contribution in [0.2, 0.25) is 15.3 Å². The standard InChI is InChI=1S/C12H9Cl3N4O/c1-16-11(20)6-3-2-4-7(13)9(6)18-10-8(14)5-17-12(15)19-10/h2-5H,1H3,(H,16,20)(H,17,18,19). The predicted molar refractivity (Wildman–Crippen MR) is 80.2 cm³/mol. The Labute approximate surface area is 130 Å². The third-order valence-corrected chi connectivity index (χ3v) is 3.22. The molecule has 8 heteroatoms. The SMILES string of the molecule is CNC(=O)c1cccc(Cl)c1Nc1nc(Cl)ncc1Cl. The smallest absolute Gasteiger partial charge is 0.253 e. The van der Waals surface area contributed by atoms with Crippen molar-refractivity contribution in [1.82, 2.24) is 15.3 Å². The Balaban J connectivity index is 2.47. The summed E-state index contributed by atoms with van der Waals surface area (Å²) in [4.78, 5) is 19.5. The van der Waals surface area contributed by atoms with Gasteiger partial charge in [0.1, 0.15) is 5.02 Å². The minimum atomic E-state index is -0.286. The van der Waals surface area contributed by atoms with Gasteiger partial charge in [-0.25, -0.2) is 4.98 Å². The average Bonchev–Trinajstić information content (AvgIpc) is 2.44. The van der Waals surface area contributed by atoms with Gasteiger partial charge in [-0.1, -0.05) is 29.3 Å². The highest BCUT2D eigenvalue weighted by molar-refractivity contribution is 6.35. The van der Waals surface area contributed by atoms with Crippen LogP contribution < -0.4 is 10.6 Å². The first-order valence-corrected chi connectivity index (χ1v) is 6.62. The number of halogens is 3. The maximum atomic E-state index is 11.8. The van der Waals surface area contributed by atoms with Gasteiger partial charge in [0.15, 0.2) is 5.82 Å². The molecule has 0 radical (unpaired) electrons. The van der Waals surface area contributed by atoms with E-state index in [0.29, 0.717) is 16.3 Å². The number of amides is 1. The number of nitrogens with one attached hydrogen (secondary N) is 2. The molecule has 0 aliphatic rings. The lowest BCUT2D eigenvalue weighted by Crippen LogP contribution is -2.19. The number of carbonyl (C=O) groups is 1. The van der Waals surface area contributed by atoms with E-state index < -0.39 is 0 Å². The van der Waals surface area contributed by atoms with Crippen LogP contribution in [-0.4, -0.2) is 22.9 Å². The van der Waals surface area contributed by atoms with Crippen molar-refractivity contribution in [2.24, 2.45) is 0 Å². The number of benzene rings is 1. The van der Waals surface area contributed by atoms with Gasteiger partial charge in [0.05, 0.1) is 22.5 Å². The molecule has 1 aromatic carbocycles. The van der Waals surface area contributed by atoms with E-state index in [0.717, 1.165) is 0 Å². The molecule has 2 rings (SSSR count). The van der Waals surface area contributed by atoms with E-state index in [1.54, 1.807) is 18.2 Å². The number of anilines is 2. The predicted octanol–water partition coefficient (Wildman–Crippen LogP) is 3.54. The van der Waals surface area contributed by atoms with Gasteiger partial charge in [0, 0.05) is 7.05 Å². The summed E-state index contributed by atoms with van der Waals surface area (Å²) in [6, 6.07) is 4.95. The first kappa shape index (κ1) is 14.8. The number of nitrogens with zero attached hydrogens (tertiary/aromatic N) is 2. The Kier molecular flexibility index (Phi) is 4.65. The molecular formula is C12H9Cl3N4O. The summed E-state index contributed by atoms with van der Waals surface area (Å²) in [5, 5.41) is 6.09. The van der Waals surface area contributed by atoms with Crippen molar-refractivity contribution >= 4 is 52.2 Å². The summed E-state index contributed by atoms with van der Waals surface area (Å²) in [5.74, 6) is -0.0174. The van der Waals surface area contributed by atoms with Gasteiger partial charge in [0.25, 0.3) is 5.91 Å². The fourth-order valence-electron chi connectivity index (χ4n) is 1.53. The van der Waals surface area contributed by atoms with Crippen LogP contribution in [0.25, 0.3) is 0 Å². The normalized spacial score (nSPS) is 10.2. The molecule has 1 amide bonds. The molecule has 1 aromatic heterocycles. The second kappa shape index (κ2) is 6.26. The van der Waals surface area contributed by atoms with Crippen LogP contribution >= 0.6 is 34.8 Å². The highest BCUT2D eigenvalue weighted by atomic mass is 35.5. The van der Waals surface area contributed by atoms with Gasteiger partial charge in [0.2, 0.25) is 5.28 Å². The van der Waals surface area contributed by atoms with Crippen LogP contribution in [0.15, 0.2) is 24.4 Å². The molecule has 2 aromatic rings. The molecule has 2 N–H and O–H groups in total. The lowest BCUT2D eigenvalue weighted by Gasteiger charge is -2.13. The zero-order chi connectivity index (χ0) is 14.7. The Hall–Kier alpha value is -1.56. The highest BCUT2D eigenvalue weighted by Gasteiger charge is 2.15. The van der Waals surface area contributed by atoms with Crippen LogP contribution in [0.5, 0.6) is 0 Å². The van der Waals surface area contributed by atoms with Crippen LogP contribution in [0.1, 0.15) is 10.4 Å². The molecular weight excluding hydrogens is 323 g/mol. The van der Waals surface area contributed by atoms with E-state index in [2.05, 4.69) is 20.6 Å². The zero-order valence-electron chi connectivity index (χ0n) is 10.2. The van der Waals surface area contributed by atoms with E-state index in [-0.39, 0.29) is 22.0 Å². The Morgan fingerprint density at radius 3 is 2.65 bits per heavy atom. The van der Waals surface area contributed by atoms with Gasteiger partial charge < -0.3 is 10.6 Å². The van der Waals surface area contributed by atoms with Gasteiger partial charge in [-0.2, -0.15) is 4.98 Å². The number of aromatic nitrogens is 2.